The smallest absolute Gasteiger partial charge is 0.387 e. The van der Waals surface area contributed by atoms with Gasteiger partial charge in [-0.05, 0) is 26.0 Å². The number of hydrogen-bond donors (Lipinski definition) is 0. The van der Waals surface area contributed by atoms with Crippen LogP contribution in [0.25, 0.3) is 0 Å². The van der Waals surface area contributed by atoms with Crippen LogP contribution in [-0.4, -0.2) is 18.2 Å². The molecule has 22 heavy (non-hydrogen) atoms. The van der Waals surface area contributed by atoms with Crippen LogP contribution in [0.15, 0.2) is 29.6 Å². The average Bonchev–Trinajstić information content (AvgIpc) is 2.95. The molecule has 0 spiro atoms. The summed E-state index contributed by atoms with van der Waals surface area (Å²) in [6.07, 6.45) is -0.0711. The lowest BCUT2D eigenvalue weighted by Crippen LogP contribution is -2.05. The zero-order valence-corrected chi connectivity index (χ0v) is 13.1. The van der Waals surface area contributed by atoms with Gasteiger partial charge >= 0.3 is 6.61 Å². The van der Waals surface area contributed by atoms with Gasteiger partial charge in [0.2, 0.25) is 0 Å². The highest BCUT2D eigenvalue weighted by atomic mass is 32.1. The number of aromatic nitrogens is 1. The molecule has 1 aromatic carbocycles. The van der Waals surface area contributed by atoms with E-state index < -0.39 is 6.61 Å². The Morgan fingerprint density at radius 3 is 2.64 bits per heavy atom. The topological polar surface area (TPSA) is 40.6 Å². The van der Waals surface area contributed by atoms with Crippen molar-refractivity contribution in [1.29, 1.82) is 0 Å². The van der Waals surface area contributed by atoms with Gasteiger partial charge in [0.15, 0.2) is 11.5 Å². The summed E-state index contributed by atoms with van der Waals surface area (Å²) >= 11 is 1.48. The third-order valence-corrected chi connectivity index (χ3v) is 3.83. The molecule has 120 valence electrons. The van der Waals surface area contributed by atoms with Crippen molar-refractivity contribution in [3.63, 3.8) is 0 Å². The zero-order valence-electron chi connectivity index (χ0n) is 12.3. The highest BCUT2D eigenvalue weighted by Crippen LogP contribution is 2.29. The lowest BCUT2D eigenvalue weighted by atomic mass is 10.3. The maximum atomic E-state index is 12.3. The van der Waals surface area contributed by atoms with E-state index in [-0.39, 0.29) is 24.2 Å². The van der Waals surface area contributed by atoms with Crippen molar-refractivity contribution in [2.45, 2.75) is 33.2 Å². The zero-order chi connectivity index (χ0) is 15.9. The van der Waals surface area contributed by atoms with Gasteiger partial charge in [0.05, 0.1) is 5.69 Å². The molecule has 7 heteroatoms. The van der Waals surface area contributed by atoms with Gasteiger partial charge in [-0.25, -0.2) is 4.98 Å². The SMILES string of the molecule is CCO[C@H](C)c1nc(COc2ccccc2OC(F)F)cs1. The average molecular weight is 329 g/mol. The summed E-state index contributed by atoms with van der Waals surface area (Å²) in [7, 11) is 0. The maximum absolute atomic E-state index is 12.3. The first-order valence-corrected chi connectivity index (χ1v) is 7.70. The van der Waals surface area contributed by atoms with Gasteiger partial charge in [-0.15, -0.1) is 11.3 Å². The van der Waals surface area contributed by atoms with Gasteiger partial charge in [-0.1, -0.05) is 12.1 Å². The summed E-state index contributed by atoms with van der Waals surface area (Å²) in [4.78, 5) is 4.41. The van der Waals surface area contributed by atoms with Gasteiger partial charge < -0.3 is 14.2 Å². The molecule has 1 heterocycles. The first-order chi connectivity index (χ1) is 10.6. The van der Waals surface area contributed by atoms with E-state index in [2.05, 4.69) is 9.72 Å². The Kier molecular flexibility index (Phi) is 6.09. The molecular formula is C15H17F2NO3S. The second-order valence-electron chi connectivity index (χ2n) is 4.39. The molecule has 0 saturated heterocycles. The summed E-state index contributed by atoms with van der Waals surface area (Å²) < 4.78 is 40.1. The van der Waals surface area contributed by atoms with Gasteiger partial charge in [0, 0.05) is 12.0 Å². The van der Waals surface area contributed by atoms with E-state index in [0.717, 1.165) is 10.7 Å². The fourth-order valence-electron chi connectivity index (χ4n) is 1.81. The third kappa shape index (κ3) is 4.64. The summed E-state index contributed by atoms with van der Waals surface area (Å²) in [5, 5.41) is 2.72. The first kappa shape index (κ1) is 16.6. The molecule has 0 aliphatic carbocycles. The lowest BCUT2D eigenvalue weighted by Gasteiger charge is -2.11. The number of halogens is 2. The van der Waals surface area contributed by atoms with Gasteiger partial charge in [0.1, 0.15) is 17.7 Å². The molecule has 1 aromatic heterocycles. The van der Waals surface area contributed by atoms with Crippen LogP contribution in [0.5, 0.6) is 11.5 Å². The molecule has 0 amide bonds. The molecule has 0 N–H and O–H groups in total. The molecular weight excluding hydrogens is 312 g/mol. The summed E-state index contributed by atoms with van der Waals surface area (Å²) in [5.74, 6) is 0.269. The molecule has 0 radical (unpaired) electrons. The van der Waals surface area contributed by atoms with E-state index in [0.29, 0.717) is 6.61 Å². The number of para-hydroxylation sites is 2. The van der Waals surface area contributed by atoms with Gasteiger partial charge in [-0.2, -0.15) is 8.78 Å². The minimum Gasteiger partial charge on any atom is -0.483 e. The van der Waals surface area contributed by atoms with Crippen LogP contribution in [0.1, 0.15) is 30.7 Å². The Balaban J connectivity index is 1.98. The number of ether oxygens (including phenoxy) is 3. The summed E-state index contributed by atoms with van der Waals surface area (Å²) in [5.41, 5.74) is 0.721. The molecule has 4 nitrogen and oxygen atoms in total. The largest absolute Gasteiger partial charge is 0.483 e. The standard InChI is InChI=1S/C15H17F2NO3S/c1-3-19-10(2)14-18-11(9-22-14)8-20-12-6-4-5-7-13(12)21-15(16)17/h4-7,9-10,15H,3,8H2,1-2H3/t10-/m1/s1. The van der Waals surface area contributed by atoms with Crippen molar-refractivity contribution in [2.75, 3.05) is 6.61 Å². The van der Waals surface area contributed by atoms with Crippen molar-refractivity contribution in [1.82, 2.24) is 4.98 Å². The molecule has 0 aliphatic rings. The Bertz CT molecular complexity index is 592. The number of thiazole rings is 1. The van der Waals surface area contributed by atoms with E-state index in [1.165, 1.54) is 17.4 Å². The predicted molar refractivity (Wildman–Crippen MR) is 79.6 cm³/mol. The second kappa shape index (κ2) is 8.05. The number of nitrogens with zero attached hydrogens (tertiary/aromatic N) is 1. The third-order valence-electron chi connectivity index (χ3n) is 2.77. The molecule has 1 atom stereocenters. The minimum atomic E-state index is -2.89. The molecule has 0 fully saturated rings. The van der Waals surface area contributed by atoms with Crippen LogP contribution in [-0.2, 0) is 11.3 Å². The van der Waals surface area contributed by atoms with E-state index >= 15 is 0 Å². The highest BCUT2D eigenvalue weighted by Gasteiger charge is 2.13. The van der Waals surface area contributed by atoms with Crippen molar-refractivity contribution in [2.24, 2.45) is 0 Å². The molecule has 0 bridgehead atoms. The molecule has 2 aromatic rings. The van der Waals surface area contributed by atoms with Crippen molar-refractivity contribution in [3.05, 3.63) is 40.3 Å². The fraction of sp³-hybridized carbons (Fsp3) is 0.400. The van der Waals surface area contributed by atoms with E-state index in [1.807, 2.05) is 19.2 Å². The lowest BCUT2D eigenvalue weighted by molar-refractivity contribution is -0.0516. The quantitative estimate of drug-likeness (QED) is 0.719. The van der Waals surface area contributed by atoms with Gasteiger partial charge in [-0.3, -0.25) is 0 Å². The summed E-state index contributed by atoms with van der Waals surface area (Å²) in [6.45, 7) is 1.76. The Hall–Kier alpha value is -1.73. The minimum absolute atomic E-state index is 0.00985. The van der Waals surface area contributed by atoms with Crippen LogP contribution < -0.4 is 9.47 Å². The molecule has 0 unspecified atom stereocenters. The second-order valence-corrected chi connectivity index (χ2v) is 5.28. The first-order valence-electron chi connectivity index (χ1n) is 6.82. The number of hydrogen-bond acceptors (Lipinski definition) is 5. The van der Waals surface area contributed by atoms with Crippen LogP contribution in [0.2, 0.25) is 0 Å². The van der Waals surface area contributed by atoms with Crippen LogP contribution >= 0.6 is 11.3 Å². The van der Waals surface area contributed by atoms with Crippen LogP contribution in [0.3, 0.4) is 0 Å². The monoisotopic (exact) mass is 329 g/mol. The van der Waals surface area contributed by atoms with Crippen molar-refractivity contribution in [3.8, 4) is 11.5 Å². The van der Waals surface area contributed by atoms with Crippen LogP contribution in [0, 0.1) is 0 Å². The summed E-state index contributed by atoms with van der Waals surface area (Å²) in [6, 6.07) is 6.31. The van der Waals surface area contributed by atoms with E-state index in [4.69, 9.17) is 9.47 Å². The van der Waals surface area contributed by atoms with E-state index in [9.17, 15) is 8.78 Å². The molecule has 0 aliphatic heterocycles. The molecule has 0 saturated carbocycles. The highest BCUT2D eigenvalue weighted by molar-refractivity contribution is 7.09. The molecule has 2 rings (SSSR count). The fourth-order valence-corrected chi connectivity index (χ4v) is 2.62. The van der Waals surface area contributed by atoms with E-state index in [1.54, 1.807) is 18.2 Å². The van der Waals surface area contributed by atoms with Crippen molar-refractivity contribution < 1.29 is 23.0 Å². The van der Waals surface area contributed by atoms with Crippen molar-refractivity contribution >= 4 is 11.3 Å². The number of benzene rings is 1. The van der Waals surface area contributed by atoms with Gasteiger partial charge in [0.25, 0.3) is 0 Å². The number of alkyl halides is 2. The normalized spacial score (nSPS) is 12.4. The maximum Gasteiger partial charge on any atom is 0.387 e. The predicted octanol–water partition coefficient (Wildman–Crippen LogP) is 4.42. The van der Waals surface area contributed by atoms with Crippen LogP contribution in [0.4, 0.5) is 8.78 Å². The number of rotatable bonds is 8. The Morgan fingerprint density at radius 2 is 1.95 bits per heavy atom. The Labute approximate surface area is 131 Å². The Morgan fingerprint density at radius 1 is 1.23 bits per heavy atom.